The van der Waals surface area contributed by atoms with Crippen molar-refractivity contribution >= 4 is 34.0 Å². The molecule has 1 rings (SSSR count). The van der Waals surface area contributed by atoms with Gasteiger partial charge in [0.1, 0.15) is 5.69 Å². The number of rotatable bonds is 4. The monoisotopic (exact) mass is 336 g/mol. The van der Waals surface area contributed by atoms with E-state index >= 15 is 0 Å². The fourth-order valence-electron chi connectivity index (χ4n) is 1.30. The lowest BCUT2D eigenvalue weighted by Gasteiger charge is -2.24. The Morgan fingerprint density at radius 2 is 2.25 bits per heavy atom. The van der Waals surface area contributed by atoms with Gasteiger partial charge in [-0.15, -0.1) is 0 Å². The van der Waals surface area contributed by atoms with Crippen LogP contribution in [0.25, 0.3) is 0 Å². The average molecular weight is 336 g/mol. The van der Waals surface area contributed by atoms with Gasteiger partial charge in [-0.3, -0.25) is 10.1 Å². The van der Waals surface area contributed by atoms with Gasteiger partial charge < -0.3 is 10.0 Å². The third kappa shape index (κ3) is 2.82. The predicted molar refractivity (Wildman–Crippen MR) is 70.8 cm³/mol. The van der Waals surface area contributed by atoms with E-state index in [-0.39, 0.29) is 18.3 Å². The van der Waals surface area contributed by atoms with Crippen molar-refractivity contribution in [3.05, 3.63) is 31.9 Å². The van der Waals surface area contributed by atoms with Gasteiger partial charge in [0.25, 0.3) is 5.69 Å². The van der Waals surface area contributed by atoms with E-state index in [0.717, 1.165) is 3.57 Å². The number of hydrogen-bond donors (Lipinski definition) is 1. The van der Waals surface area contributed by atoms with Crippen LogP contribution in [0, 0.1) is 13.7 Å². The van der Waals surface area contributed by atoms with Crippen molar-refractivity contribution in [3.63, 3.8) is 0 Å². The molecule has 0 saturated carbocycles. The van der Waals surface area contributed by atoms with Crippen LogP contribution in [0.5, 0.6) is 0 Å². The molecule has 0 spiro atoms. The SMILES string of the molecule is CC(CO)N(C)c1ccc(I)cc1[N+](=O)[O-]. The highest BCUT2D eigenvalue weighted by atomic mass is 127. The van der Waals surface area contributed by atoms with E-state index in [1.54, 1.807) is 18.0 Å². The molecular formula is C10H13IN2O3. The zero-order valence-electron chi connectivity index (χ0n) is 9.05. The summed E-state index contributed by atoms with van der Waals surface area (Å²) in [5.41, 5.74) is 0.585. The fraction of sp³-hybridized carbons (Fsp3) is 0.400. The summed E-state index contributed by atoms with van der Waals surface area (Å²) in [4.78, 5) is 12.2. The summed E-state index contributed by atoms with van der Waals surface area (Å²) in [5.74, 6) is 0. The number of benzene rings is 1. The highest BCUT2D eigenvalue weighted by Gasteiger charge is 2.20. The van der Waals surface area contributed by atoms with Crippen LogP contribution in [0.3, 0.4) is 0 Å². The summed E-state index contributed by atoms with van der Waals surface area (Å²) >= 11 is 2.03. The highest BCUT2D eigenvalue weighted by Crippen LogP contribution is 2.29. The van der Waals surface area contributed by atoms with Crippen molar-refractivity contribution in [1.29, 1.82) is 0 Å². The van der Waals surface area contributed by atoms with E-state index in [4.69, 9.17) is 5.11 Å². The van der Waals surface area contributed by atoms with E-state index in [9.17, 15) is 10.1 Å². The van der Waals surface area contributed by atoms with Crippen LogP contribution in [0.1, 0.15) is 6.92 Å². The minimum absolute atomic E-state index is 0.0420. The molecule has 0 aliphatic rings. The zero-order chi connectivity index (χ0) is 12.3. The molecule has 1 aromatic rings. The lowest BCUT2D eigenvalue weighted by molar-refractivity contribution is -0.384. The van der Waals surface area contributed by atoms with E-state index in [1.165, 1.54) is 6.07 Å². The first-order chi connectivity index (χ1) is 7.47. The Balaban J connectivity index is 3.17. The smallest absolute Gasteiger partial charge is 0.293 e. The maximum Gasteiger partial charge on any atom is 0.293 e. The molecule has 0 aromatic heterocycles. The molecule has 0 bridgehead atoms. The van der Waals surface area contributed by atoms with Crippen LogP contribution in [0.2, 0.25) is 0 Å². The second kappa shape index (κ2) is 5.44. The molecular weight excluding hydrogens is 323 g/mol. The second-order valence-corrected chi connectivity index (χ2v) is 4.78. The summed E-state index contributed by atoms with van der Waals surface area (Å²) in [6.07, 6.45) is 0. The Morgan fingerprint density at radius 1 is 1.62 bits per heavy atom. The van der Waals surface area contributed by atoms with Crippen molar-refractivity contribution in [2.45, 2.75) is 13.0 Å². The fourth-order valence-corrected chi connectivity index (χ4v) is 1.78. The first-order valence-corrected chi connectivity index (χ1v) is 5.83. The minimum Gasteiger partial charge on any atom is -0.394 e. The Labute approximate surface area is 107 Å². The third-order valence-electron chi connectivity index (χ3n) is 2.44. The van der Waals surface area contributed by atoms with Crippen LogP contribution in [0.15, 0.2) is 18.2 Å². The van der Waals surface area contributed by atoms with Gasteiger partial charge in [0.2, 0.25) is 0 Å². The molecule has 88 valence electrons. The number of anilines is 1. The average Bonchev–Trinajstić information content (AvgIpc) is 2.26. The molecule has 0 heterocycles. The van der Waals surface area contributed by atoms with Crippen molar-refractivity contribution in [2.24, 2.45) is 0 Å². The number of nitro benzene ring substituents is 1. The normalized spacial score (nSPS) is 12.2. The molecule has 0 radical (unpaired) electrons. The Bertz CT molecular complexity index is 398. The summed E-state index contributed by atoms with van der Waals surface area (Å²) in [7, 11) is 1.73. The van der Waals surface area contributed by atoms with Gasteiger partial charge in [-0.2, -0.15) is 0 Å². The van der Waals surface area contributed by atoms with Crippen LogP contribution in [-0.4, -0.2) is 29.7 Å². The molecule has 1 N–H and O–H groups in total. The van der Waals surface area contributed by atoms with Crippen molar-refractivity contribution in [1.82, 2.24) is 0 Å². The molecule has 0 fully saturated rings. The van der Waals surface area contributed by atoms with Gasteiger partial charge in [-0.05, 0) is 41.6 Å². The summed E-state index contributed by atoms with van der Waals surface area (Å²) < 4.78 is 0.818. The lowest BCUT2D eigenvalue weighted by atomic mass is 10.2. The molecule has 1 aromatic carbocycles. The minimum atomic E-state index is -0.405. The standard InChI is InChI=1S/C10H13IN2O3/c1-7(6-14)12(2)9-4-3-8(11)5-10(9)13(15)16/h3-5,7,14H,6H2,1-2H3. The summed E-state index contributed by atoms with van der Waals surface area (Å²) in [5, 5.41) is 19.9. The molecule has 1 atom stereocenters. The van der Waals surface area contributed by atoms with Crippen LogP contribution in [-0.2, 0) is 0 Å². The number of hydrogen-bond acceptors (Lipinski definition) is 4. The number of nitro groups is 1. The summed E-state index contributed by atoms with van der Waals surface area (Å²) in [6.45, 7) is 1.77. The van der Waals surface area contributed by atoms with Crippen molar-refractivity contribution in [2.75, 3.05) is 18.6 Å². The Kier molecular flexibility index (Phi) is 4.48. The molecule has 16 heavy (non-hydrogen) atoms. The third-order valence-corrected chi connectivity index (χ3v) is 3.11. The first-order valence-electron chi connectivity index (χ1n) is 4.75. The predicted octanol–water partition coefficient (Wildman–Crippen LogP) is 2.02. The number of aliphatic hydroxyl groups is 1. The Morgan fingerprint density at radius 3 is 2.75 bits per heavy atom. The molecule has 0 aliphatic carbocycles. The van der Waals surface area contributed by atoms with Gasteiger partial charge in [0.05, 0.1) is 11.5 Å². The lowest BCUT2D eigenvalue weighted by Crippen LogP contribution is -2.32. The quantitative estimate of drug-likeness (QED) is 0.519. The van der Waals surface area contributed by atoms with E-state index in [1.807, 2.05) is 35.6 Å². The molecule has 6 heteroatoms. The Hall–Kier alpha value is -0.890. The van der Waals surface area contributed by atoms with Crippen molar-refractivity contribution < 1.29 is 10.0 Å². The van der Waals surface area contributed by atoms with E-state index < -0.39 is 4.92 Å². The highest BCUT2D eigenvalue weighted by molar-refractivity contribution is 14.1. The number of aliphatic hydroxyl groups excluding tert-OH is 1. The van der Waals surface area contributed by atoms with Crippen LogP contribution < -0.4 is 4.90 Å². The topological polar surface area (TPSA) is 66.6 Å². The first kappa shape index (κ1) is 13.2. The molecule has 0 aliphatic heterocycles. The number of nitrogens with zero attached hydrogens (tertiary/aromatic N) is 2. The van der Waals surface area contributed by atoms with Gasteiger partial charge in [0.15, 0.2) is 0 Å². The number of likely N-dealkylation sites (N-methyl/N-ethyl adjacent to an activating group) is 1. The molecule has 0 amide bonds. The second-order valence-electron chi connectivity index (χ2n) is 3.53. The van der Waals surface area contributed by atoms with Crippen LogP contribution in [0.4, 0.5) is 11.4 Å². The molecule has 0 saturated heterocycles. The maximum atomic E-state index is 10.9. The molecule has 1 unspecified atom stereocenters. The van der Waals surface area contributed by atoms with Crippen molar-refractivity contribution in [3.8, 4) is 0 Å². The van der Waals surface area contributed by atoms with Gasteiger partial charge in [-0.1, -0.05) is 0 Å². The van der Waals surface area contributed by atoms with Gasteiger partial charge in [0, 0.05) is 22.7 Å². The largest absolute Gasteiger partial charge is 0.394 e. The summed E-state index contributed by atoms with van der Waals surface area (Å²) in [6, 6.07) is 4.88. The van der Waals surface area contributed by atoms with Gasteiger partial charge >= 0.3 is 0 Å². The molecule has 5 nitrogen and oxygen atoms in total. The van der Waals surface area contributed by atoms with Crippen LogP contribution >= 0.6 is 22.6 Å². The maximum absolute atomic E-state index is 10.9. The van der Waals surface area contributed by atoms with Gasteiger partial charge in [-0.25, -0.2) is 0 Å². The van der Waals surface area contributed by atoms with E-state index in [0.29, 0.717) is 5.69 Å². The van der Waals surface area contributed by atoms with E-state index in [2.05, 4.69) is 0 Å². The zero-order valence-corrected chi connectivity index (χ0v) is 11.2. The number of halogens is 1.